The number of aromatic nitrogens is 2. The molecule has 0 radical (unpaired) electrons. The average Bonchev–Trinajstić information content (AvgIpc) is 2.42. The number of nitrogens with two attached hydrogens (primary N) is 1. The summed E-state index contributed by atoms with van der Waals surface area (Å²) in [5.41, 5.74) is 5.20. The van der Waals surface area contributed by atoms with E-state index in [4.69, 9.17) is 10.5 Å². The molecule has 1 heterocycles. The van der Waals surface area contributed by atoms with Crippen LogP contribution in [-0.4, -0.2) is 42.6 Å². The molecule has 0 aliphatic heterocycles. The normalized spacial score (nSPS) is 10.3. The molecular weight excluding hydrogens is 258 g/mol. The lowest BCUT2D eigenvalue weighted by molar-refractivity contribution is -0.116. The van der Waals surface area contributed by atoms with Crippen molar-refractivity contribution in [2.75, 3.05) is 37.0 Å². The Morgan fingerprint density at radius 2 is 2.20 bits per heavy atom. The summed E-state index contributed by atoms with van der Waals surface area (Å²) < 4.78 is 5.33. The zero-order valence-electron chi connectivity index (χ0n) is 12.3. The number of amides is 1. The van der Waals surface area contributed by atoms with E-state index in [0.29, 0.717) is 24.9 Å². The number of ether oxygens (including phenoxy) is 1. The van der Waals surface area contributed by atoms with E-state index in [1.165, 1.54) is 0 Å². The molecule has 112 valence electrons. The smallest absolute Gasteiger partial charge is 0.236 e. The summed E-state index contributed by atoms with van der Waals surface area (Å²) in [5.74, 6) is 1.55. The fraction of sp³-hybridized carbons (Fsp3) is 0.615. The standard InChI is InChI=1S/C13H23N5O2/c1-4-6-15-11-7-13(18(3)8-10(14)19)17-12(16-11)9-20-5-2/h7H,4-6,8-9H2,1-3H3,(H2,14,19)(H,15,16,17). The van der Waals surface area contributed by atoms with Gasteiger partial charge in [-0.3, -0.25) is 4.79 Å². The van der Waals surface area contributed by atoms with Gasteiger partial charge in [0.2, 0.25) is 5.91 Å². The van der Waals surface area contributed by atoms with Crippen LogP contribution in [-0.2, 0) is 16.1 Å². The van der Waals surface area contributed by atoms with Gasteiger partial charge in [-0.05, 0) is 13.3 Å². The van der Waals surface area contributed by atoms with Crippen LogP contribution in [0, 0.1) is 0 Å². The molecule has 0 saturated carbocycles. The minimum absolute atomic E-state index is 0.109. The SMILES string of the molecule is CCCNc1cc(N(C)CC(N)=O)nc(COCC)n1. The fourth-order valence-electron chi connectivity index (χ4n) is 1.59. The van der Waals surface area contributed by atoms with Crippen LogP contribution < -0.4 is 16.0 Å². The van der Waals surface area contributed by atoms with Gasteiger partial charge in [0.25, 0.3) is 0 Å². The van der Waals surface area contributed by atoms with Gasteiger partial charge < -0.3 is 20.7 Å². The van der Waals surface area contributed by atoms with Crippen LogP contribution in [0.15, 0.2) is 6.07 Å². The number of hydrogen-bond donors (Lipinski definition) is 2. The molecule has 0 bridgehead atoms. The van der Waals surface area contributed by atoms with Crippen molar-refractivity contribution in [1.82, 2.24) is 9.97 Å². The molecule has 1 rings (SSSR count). The zero-order chi connectivity index (χ0) is 15.0. The molecule has 20 heavy (non-hydrogen) atoms. The first-order valence-corrected chi connectivity index (χ1v) is 6.75. The van der Waals surface area contributed by atoms with Crippen molar-refractivity contribution in [3.05, 3.63) is 11.9 Å². The molecule has 1 aromatic rings. The Bertz CT molecular complexity index is 413. The lowest BCUT2D eigenvalue weighted by Gasteiger charge is -2.18. The number of nitrogens with zero attached hydrogens (tertiary/aromatic N) is 3. The highest BCUT2D eigenvalue weighted by Crippen LogP contribution is 2.15. The van der Waals surface area contributed by atoms with E-state index in [2.05, 4.69) is 22.2 Å². The molecule has 0 spiro atoms. The minimum atomic E-state index is -0.402. The van der Waals surface area contributed by atoms with Gasteiger partial charge in [-0.15, -0.1) is 0 Å². The van der Waals surface area contributed by atoms with Crippen LogP contribution in [0.5, 0.6) is 0 Å². The predicted octanol–water partition coefficient (Wildman–Crippen LogP) is 0.756. The summed E-state index contributed by atoms with van der Waals surface area (Å²) in [6, 6.07) is 1.80. The third-order valence-corrected chi connectivity index (χ3v) is 2.53. The molecule has 0 fully saturated rings. The highest BCUT2D eigenvalue weighted by atomic mass is 16.5. The Morgan fingerprint density at radius 3 is 2.80 bits per heavy atom. The molecule has 0 atom stereocenters. The zero-order valence-corrected chi connectivity index (χ0v) is 12.3. The van der Waals surface area contributed by atoms with Gasteiger partial charge in [0.05, 0.1) is 6.54 Å². The second-order valence-electron chi connectivity index (χ2n) is 4.41. The van der Waals surface area contributed by atoms with Gasteiger partial charge in [-0.2, -0.15) is 0 Å². The monoisotopic (exact) mass is 281 g/mol. The Balaban J connectivity index is 2.92. The van der Waals surface area contributed by atoms with Crippen molar-refractivity contribution < 1.29 is 9.53 Å². The van der Waals surface area contributed by atoms with Gasteiger partial charge in [0, 0.05) is 26.3 Å². The first-order chi connectivity index (χ1) is 9.56. The minimum Gasteiger partial charge on any atom is -0.374 e. The Labute approximate surface area is 119 Å². The molecular formula is C13H23N5O2. The van der Waals surface area contributed by atoms with Crippen molar-refractivity contribution >= 4 is 17.5 Å². The predicted molar refractivity (Wildman–Crippen MR) is 78.6 cm³/mol. The first kappa shape index (κ1) is 16.2. The Kier molecular flexibility index (Phi) is 6.72. The van der Waals surface area contributed by atoms with Crippen molar-refractivity contribution in [3.63, 3.8) is 0 Å². The molecule has 0 aliphatic carbocycles. The van der Waals surface area contributed by atoms with E-state index < -0.39 is 5.91 Å². The van der Waals surface area contributed by atoms with Crippen LogP contribution in [0.3, 0.4) is 0 Å². The van der Waals surface area contributed by atoms with Gasteiger partial charge in [-0.1, -0.05) is 6.92 Å². The van der Waals surface area contributed by atoms with Crippen LogP contribution in [0.25, 0.3) is 0 Å². The van der Waals surface area contributed by atoms with Crippen molar-refractivity contribution in [1.29, 1.82) is 0 Å². The summed E-state index contributed by atoms with van der Waals surface area (Å²) in [6.07, 6.45) is 0.997. The van der Waals surface area contributed by atoms with Gasteiger partial charge >= 0.3 is 0 Å². The number of nitrogens with one attached hydrogen (secondary N) is 1. The molecule has 0 aliphatic rings. The van der Waals surface area contributed by atoms with Crippen molar-refractivity contribution in [2.24, 2.45) is 5.73 Å². The van der Waals surface area contributed by atoms with E-state index in [-0.39, 0.29) is 6.54 Å². The average molecular weight is 281 g/mol. The summed E-state index contributed by atoms with van der Waals surface area (Å²) in [7, 11) is 1.77. The third kappa shape index (κ3) is 5.40. The van der Waals surface area contributed by atoms with Gasteiger partial charge in [-0.25, -0.2) is 9.97 Å². The second-order valence-corrected chi connectivity index (χ2v) is 4.41. The summed E-state index contributed by atoms with van der Waals surface area (Å²) >= 11 is 0. The van der Waals surface area contributed by atoms with Crippen molar-refractivity contribution in [3.8, 4) is 0 Å². The van der Waals surface area contributed by atoms with Crippen LogP contribution in [0.2, 0.25) is 0 Å². The lowest BCUT2D eigenvalue weighted by Crippen LogP contribution is -2.31. The molecule has 0 saturated heterocycles. The lowest BCUT2D eigenvalue weighted by atomic mass is 10.4. The van der Waals surface area contributed by atoms with E-state index >= 15 is 0 Å². The van der Waals surface area contributed by atoms with Gasteiger partial charge in [0.15, 0.2) is 5.82 Å². The first-order valence-electron chi connectivity index (χ1n) is 6.75. The van der Waals surface area contributed by atoms with Gasteiger partial charge in [0.1, 0.15) is 18.2 Å². The van der Waals surface area contributed by atoms with Crippen molar-refractivity contribution in [2.45, 2.75) is 26.9 Å². The molecule has 7 heteroatoms. The quantitative estimate of drug-likeness (QED) is 0.694. The summed E-state index contributed by atoms with van der Waals surface area (Å²) in [4.78, 5) is 21.4. The topological polar surface area (TPSA) is 93.4 Å². The fourth-order valence-corrected chi connectivity index (χ4v) is 1.59. The number of carbonyl (C=O) groups excluding carboxylic acids is 1. The summed E-state index contributed by atoms with van der Waals surface area (Å²) in [6.45, 7) is 5.87. The third-order valence-electron chi connectivity index (χ3n) is 2.53. The van der Waals surface area contributed by atoms with E-state index in [9.17, 15) is 4.79 Å². The molecule has 7 nitrogen and oxygen atoms in total. The van der Waals surface area contributed by atoms with Crippen LogP contribution >= 0.6 is 0 Å². The molecule has 1 aromatic heterocycles. The number of primary amides is 1. The maximum Gasteiger partial charge on any atom is 0.236 e. The van der Waals surface area contributed by atoms with Crippen LogP contribution in [0.4, 0.5) is 11.6 Å². The number of rotatable bonds is 9. The molecule has 3 N–H and O–H groups in total. The van der Waals surface area contributed by atoms with Crippen LogP contribution in [0.1, 0.15) is 26.1 Å². The largest absolute Gasteiger partial charge is 0.374 e. The van der Waals surface area contributed by atoms with E-state index in [0.717, 1.165) is 18.8 Å². The Morgan fingerprint density at radius 1 is 1.45 bits per heavy atom. The number of anilines is 2. The Hall–Kier alpha value is -1.89. The van der Waals surface area contributed by atoms with E-state index in [1.807, 2.05) is 6.92 Å². The highest BCUT2D eigenvalue weighted by molar-refractivity contribution is 5.79. The molecule has 0 unspecified atom stereocenters. The molecule has 1 amide bonds. The maximum absolute atomic E-state index is 11.0. The molecule has 0 aromatic carbocycles. The number of hydrogen-bond acceptors (Lipinski definition) is 6. The highest BCUT2D eigenvalue weighted by Gasteiger charge is 2.10. The number of likely N-dealkylation sites (N-methyl/N-ethyl adjacent to an activating group) is 1. The maximum atomic E-state index is 11.0. The second kappa shape index (κ2) is 8.31. The van der Waals surface area contributed by atoms with E-state index in [1.54, 1.807) is 18.0 Å². The number of carbonyl (C=O) groups is 1. The summed E-state index contributed by atoms with van der Waals surface area (Å²) in [5, 5.41) is 3.21.